The number of hydrogen-bond donors (Lipinski definition) is 1. The predicted molar refractivity (Wildman–Crippen MR) is 115 cm³/mol. The molecule has 7 nitrogen and oxygen atoms in total. The largest absolute Gasteiger partial charge is 0.478 e. The predicted octanol–water partition coefficient (Wildman–Crippen LogP) is 4.09. The molecule has 0 saturated carbocycles. The Morgan fingerprint density at radius 3 is 2.60 bits per heavy atom. The zero-order chi connectivity index (χ0) is 20.7. The summed E-state index contributed by atoms with van der Waals surface area (Å²) in [6, 6.07) is 14.5. The van der Waals surface area contributed by atoms with Crippen molar-refractivity contribution in [2.75, 3.05) is 18.0 Å². The first-order valence-corrected chi connectivity index (χ1v) is 10.0. The summed E-state index contributed by atoms with van der Waals surface area (Å²) in [6.45, 7) is 4.00. The molecule has 1 N–H and O–H groups in total. The van der Waals surface area contributed by atoms with Crippen LogP contribution in [0.5, 0.6) is 0 Å². The van der Waals surface area contributed by atoms with Gasteiger partial charge < -0.3 is 10.0 Å². The van der Waals surface area contributed by atoms with Crippen molar-refractivity contribution < 1.29 is 9.90 Å². The van der Waals surface area contributed by atoms with Gasteiger partial charge in [-0.15, -0.1) is 0 Å². The van der Waals surface area contributed by atoms with Crippen molar-refractivity contribution in [1.29, 1.82) is 0 Å². The molecule has 0 spiro atoms. The fourth-order valence-corrected chi connectivity index (χ4v) is 3.98. The molecule has 2 aromatic carbocycles. The van der Waals surface area contributed by atoms with Crippen molar-refractivity contribution in [2.45, 2.75) is 19.8 Å². The Morgan fingerprint density at radius 2 is 1.87 bits per heavy atom. The van der Waals surface area contributed by atoms with Gasteiger partial charge in [0, 0.05) is 24.7 Å². The van der Waals surface area contributed by atoms with Crippen LogP contribution < -0.4 is 4.90 Å². The third kappa shape index (κ3) is 3.18. The molecule has 150 valence electrons. The van der Waals surface area contributed by atoms with Crippen LogP contribution in [0.15, 0.2) is 54.9 Å². The topological polar surface area (TPSA) is 84.1 Å². The minimum absolute atomic E-state index is 0.108. The lowest BCUT2D eigenvalue weighted by molar-refractivity contribution is 0.0697. The third-order valence-electron chi connectivity index (χ3n) is 5.56. The van der Waals surface area contributed by atoms with Gasteiger partial charge in [0.05, 0.1) is 17.3 Å². The standard InChI is InChI=1S/C23H21N5O2/c1-15-6-2-3-7-18(15)16-8-9-20-19(12-16)21(27-10-4-5-11-27)26-23(25-20)28-14-17(13-24-28)22(29)30/h2-3,6-9,12-14H,4-5,10-11H2,1H3,(H,29,30). The number of benzene rings is 2. The van der Waals surface area contributed by atoms with E-state index in [1.807, 2.05) is 18.2 Å². The maximum Gasteiger partial charge on any atom is 0.338 e. The third-order valence-corrected chi connectivity index (χ3v) is 5.56. The minimum atomic E-state index is -1.02. The van der Waals surface area contributed by atoms with Gasteiger partial charge in [-0.05, 0) is 48.6 Å². The van der Waals surface area contributed by atoms with E-state index in [0.717, 1.165) is 48.2 Å². The van der Waals surface area contributed by atoms with Crippen LogP contribution in [0.1, 0.15) is 28.8 Å². The van der Waals surface area contributed by atoms with Crippen molar-refractivity contribution in [3.63, 3.8) is 0 Å². The number of aryl methyl sites for hydroxylation is 1. The maximum atomic E-state index is 11.2. The monoisotopic (exact) mass is 399 g/mol. The second-order valence-electron chi connectivity index (χ2n) is 7.57. The Kier molecular flexibility index (Phi) is 4.43. The van der Waals surface area contributed by atoms with Gasteiger partial charge in [0.1, 0.15) is 5.82 Å². The molecule has 1 aliphatic rings. The van der Waals surface area contributed by atoms with Gasteiger partial charge in [-0.2, -0.15) is 10.1 Å². The van der Waals surface area contributed by atoms with Crippen molar-refractivity contribution >= 4 is 22.7 Å². The molecule has 1 aliphatic heterocycles. The van der Waals surface area contributed by atoms with Crippen LogP contribution in [0.25, 0.3) is 28.0 Å². The van der Waals surface area contributed by atoms with E-state index < -0.39 is 5.97 Å². The summed E-state index contributed by atoms with van der Waals surface area (Å²) in [5, 5.41) is 14.3. The highest BCUT2D eigenvalue weighted by atomic mass is 16.4. The minimum Gasteiger partial charge on any atom is -0.478 e. The fourth-order valence-electron chi connectivity index (χ4n) is 3.98. The van der Waals surface area contributed by atoms with Crippen molar-refractivity contribution in [3.8, 4) is 17.1 Å². The van der Waals surface area contributed by atoms with Crippen molar-refractivity contribution in [2.24, 2.45) is 0 Å². The summed E-state index contributed by atoms with van der Waals surface area (Å²) in [5.74, 6) is 0.223. The highest BCUT2D eigenvalue weighted by Gasteiger charge is 2.20. The molecule has 1 saturated heterocycles. The molecule has 2 aromatic heterocycles. The first kappa shape index (κ1) is 18.3. The average molecular weight is 399 g/mol. The van der Waals surface area contributed by atoms with Crippen LogP contribution in [-0.2, 0) is 0 Å². The molecule has 0 radical (unpaired) electrons. The number of nitrogens with zero attached hydrogens (tertiary/aromatic N) is 5. The molecule has 7 heteroatoms. The van der Waals surface area contributed by atoms with E-state index in [0.29, 0.717) is 5.95 Å². The molecule has 1 fully saturated rings. The van der Waals surface area contributed by atoms with Gasteiger partial charge in [0.25, 0.3) is 5.95 Å². The number of aromatic carboxylic acids is 1. The number of rotatable bonds is 4. The van der Waals surface area contributed by atoms with Gasteiger partial charge in [0.2, 0.25) is 0 Å². The van der Waals surface area contributed by atoms with Crippen LogP contribution in [0.2, 0.25) is 0 Å². The fraction of sp³-hybridized carbons (Fsp3) is 0.217. The lowest BCUT2D eigenvalue weighted by Crippen LogP contribution is -2.20. The smallest absolute Gasteiger partial charge is 0.338 e. The molecule has 0 aliphatic carbocycles. The second kappa shape index (κ2) is 7.26. The van der Waals surface area contributed by atoms with Crippen LogP contribution in [0.3, 0.4) is 0 Å². The maximum absolute atomic E-state index is 11.2. The van der Waals surface area contributed by atoms with Crippen LogP contribution in [-0.4, -0.2) is 43.9 Å². The molecule has 0 unspecified atom stereocenters. The number of carbonyl (C=O) groups is 1. The summed E-state index contributed by atoms with van der Waals surface area (Å²) >= 11 is 0. The molecular weight excluding hydrogens is 378 g/mol. The molecule has 0 atom stereocenters. The average Bonchev–Trinajstić information content (AvgIpc) is 3.45. The van der Waals surface area contributed by atoms with Gasteiger partial charge in [-0.25, -0.2) is 14.5 Å². The lowest BCUT2D eigenvalue weighted by atomic mass is 9.99. The van der Waals surface area contributed by atoms with E-state index in [-0.39, 0.29) is 5.56 Å². The number of carboxylic acids is 1. The molecule has 0 amide bonds. The van der Waals surface area contributed by atoms with Gasteiger partial charge in [-0.1, -0.05) is 30.3 Å². The van der Waals surface area contributed by atoms with Gasteiger partial charge >= 0.3 is 5.97 Å². The normalized spacial score (nSPS) is 13.8. The Labute approximate surface area is 173 Å². The molecule has 0 bridgehead atoms. The van der Waals surface area contributed by atoms with E-state index >= 15 is 0 Å². The Bertz CT molecular complexity index is 1260. The molecule has 4 aromatic rings. The molecule has 5 rings (SSSR count). The summed E-state index contributed by atoms with van der Waals surface area (Å²) in [7, 11) is 0. The summed E-state index contributed by atoms with van der Waals surface area (Å²) < 4.78 is 1.43. The molecular formula is C23H21N5O2. The Balaban J connectivity index is 1.69. The van der Waals surface area contributed by atoms with Crippen LogP contribution in [0, 0.1) is 6.92 Å². The van der Waals surface area contributed by atoms with E-state index in [1.54, 1.807) is 0 Å². The quantitative estimate of drug-likeness (QED) is 0.556. The molecule has 30 heavy (non-hydrogen) atoms. The summed E-state index contributed by atoms with van der Waals surface area (Å²) in [4.78, 5) is 23.0. The van der Waals surface area contributed by atoms with Crippen molar-refractivity contribution in [1.82, 2.24) is 19.7 Å². The summed E-state index contributed by atoms with van der Waals surface area (Å²) in [6.07, 6.45) is 5.01. The number of aromatic nitrogens is 4. The first-order valence-electron chi connectivity index (χ1n) is 10.0. The first-order chi connectivity index (χ1) is 14.6. The number of anilines is 1. The Morgan fingerprint density at radius 1 is 1.07 bits per heavy atom. The number of fused-ring (bicyclic) bond motifs is 1. The second-order valence-corrected chi connectivity index (χ2v) is 7.57. The van der Waals surface area contributed by atoms with E-state index in [2.05, 4.69) is 46.2 Å². The SMILES string of the molecule is Cc1ccccc1-c1ccc2nc(-n3cc(C(=O)O)cn3)nc(N3CCCC3)c2c1. The Hall–Kier alpha value is -3.74. The highest BCUT2D eigenvalue weighted by molar-refractivity contribution is 5.94. The van der Waals surface area contributed by atoms with Crippen molar-refractivity contribution in [3.05, 3.63) is 66.0 Å². The summed E-state index contributed by atoms with van der Waals surface area (Å²) in [5.41, 5.74) is 4.46. The zero-order valence-electron chi connectivity index (χ0n) is 16.6. The lowest BCUT2D eigenvalue weighted by Gasteiger charge is -2.20. The number of hydrogen-bond acceptors (Lipinski definition) is 5. The van der Waals surface area contributed by atoms with E-state index in [4.69, 9.17) is 4.98 Å². The highest BCUT2D eigenvalue weighted by Crippen LogP contribution is 2.32. The van der Waals surface area contributed by atoms with Gasteiger partial charge in [0.15, 0.2) is 0 Å². The molecule has 3 heterocycles. The van der Waals surface area contributed by atoms with Crippen LogP contribution in [0.4, 0.5) is 5.82 Å². The van der Waals surface area contributed by atoms with Gasteiger partial charge in [-0.3, -0.25) is 0 Å². The van der Waals surface area contributed by atoms with Crippen LogP contribution >= 0.6 is 0 Å². The van der Waals surface area contributed by atoms with E-state index in [9.17, 15) is 9.90 Å². The zero-order valence-corrected chi connectivity index (χ0v) is 16.6. The number of carboxylic acid groups (broad SMARTS) is 1. The van der Waals surface area contributed by atoms with E-state index in [1.165, 1.54) is 28.2 Å².